The Hall–Kier alpha value is -1.13. The molecule has 0 radical (unpaired) electrons. The first kappa shape index (κ1) is 13.3. The van der Waals surface area contributed by atoms with Crippen LogP contribution in [0.25, 0.3) is 0 Å². The van der Waals surface area contributed by atoms with Gasteiger partial charge in [-0.3, -0.25) is 4.90 Å². The van der Waals surface area contributed by atoms with Crippen LogP contribution in [0.3, 0.4) is 0 Å². The fourth-order valence-corrected chi connectivity index (χ4v) is 2.38. The lowest BCUT2D eigenvalue weighted by Crippen LogP contribution is -2.26. The maximum atomic E-state index is 13.3. The van der Waals surface area contributed by atoms with Crippen molar-refractivity contribution in [2.75, 3.05) is 32.8 Å². The summed E-state index contributed by atoms with van der Waals surface area (Å²) in [5, 5.41) is 8.88. The zero-order chi connectivity index (χ0) is 12.8. The molecule has 1 aliphatic rings. The number of nitrogens with zero attached hydrogens (tertiary/aromatic N) is 1. The Morgan fingerprint density at radius 3 is 3.00 bits per heavy atom. The number of aliphatic hydroxyl groups excluding tert-OH is 1. The van der Waals surface area contributed by atoms with Crippen molar-refractivity contribution < 1.29 is 14.2 Å². The minimum Gasteiger partial charge on any atom is -0.489 e. The van der Waals surface area contributed by atoms with Crippen molar-refractivity contribution in [2.24, 2.45) is 5.92 Å². The summed E-state index contributed by atoms with van der Waals surface area (Å²) in [7, 11) is 0. The quantitative estimate of drug-likeness (QED) is 0.840. The third-order valence-corrected chi connectivity index (χ3v) is 3.41. The van der Waals surface area contributed by atoms with Crippen molar-refractivity contribution in [3.05, 3.63) is 30.1 Å². The van der Waals surface area contributed by atoms with E-state index in [-0.39, 0.29) is 12.4 Å². The number of benzene rings is 1. The molecular formula is C14H20FNO2. The second-order valence-corrected chi connectivity index (χ2v) is 4.75. The average Bonchev–Trinajstić information content (AvgIpc) is 2.80. The largest absolute Gasteiger partial charge is 0.489 e. The molecule has 2 rings (SSSR count). The number of hydrogen-bond acceptors (Lipinski definition) is 3. The highest BCUT2D eigenvalue weighted by molar-refractivity contribution is 5.23. The maximum Gasteiger partial charge on any atom is 0.165 e. The van der Waals surface area contributed by atoms with Gasteiger partial charge in [0.15, 0.2) is 11.6 Å². The lowest BCUT2D eigenvalue weighted by molar-refractivity contribution is 0.218. The summed E-state index contributed by atoms with van der Waals surface area (Å²) in [6.45, 7) is 3.65. The highest BCUT2D eigenvalue weighted by Crippen LogP contribution is 2.19. The number of likely N-dealkylation sites (tertiary alicyclic amines) is 1. The van der Waals surface area contributed by atoms with Crippen LogP contribution in [0.4, 0.5) is 4.39 Å². The molecule has 1 heterocycles. The van der Waals surface area contributed by atoms with E-state index in [9.17, 15) is 4.39 Å². The monoisotopic (exact) mass is 253 g/mol. The van der Waals surface area contributed by atoms with E-state index in [1.54, 1.807) is 18.2 Å². The highest BCUT2D eigenvalue weighted by atomic mass is 19.1. The Kier molecular flexibility index (Phi) is 4.96. The Labute approximate surface area is 107 Å². The Morgan fingerprint density at radius 2 is 2.22 bits per heavy atom. The number of rotatable bonds is 6. The van der Waals surface area contributed by atoms with Gasteiger partial charge in [0.25, 0.3) is 0 Å². The zero-order valence-electron chi connectivity index (χ0n) is 10.5. The van der Waals surface area contributed by atoms with Crippen molar-refractivity contribution in [3.8, 4) is 5.75 Å². The molecule has 4 heteroatoms. The van der Waals surface area contributed by atoms with Crippen LogP contribution in [-0.2, 0) is 0 Å². The van der Waals surface area contributed by atoms with E-state index in [2.05, 4.69) is 4.90 Å². The molecule has 0 saturated carbocycles. The van der Waals surface area contributed by atoms with Crippen molar-refractivity contribution in [2.45, 2.75) is 12.8 Å². The van der Waals surface area contributed by atoms with Crippen LogP contribution in [0.15, 0.2) is 24.3 Å². The molecule has 1 aromatic rings. The van der Waals surface area contributed by atoms with Crippen molar-refractivity contribution in [1.29, 1.82) is 0 Å². The van der Waals surface area contributed by atoms with Gasteiger partial charge in [0.2, 0.25) is 0 Å². The summed E-state index contributed by atoms with van der Waals surface area (Å²) in [5.41, 5.74) is 0. The Morgan fingerprint density at radius 1 is 1.39 bits per heavy atom. The molecule has 0 spiro atoms. The van der Waals surface area contributed by atoms with Gasteiger partial charge in [0.05, 0.1) is 0 Å². The van der Waals surface area contributed by atoms with Crippen molar-refractivity contribution >= 4 is 0 Å². The van der Waals surface area contributed by atoms with Gasteiger partial charge in [-0.05, 0) is 37.4 Å². The standard InChI is InChI=1S/C14H20FNO2/c15-13-3-1-2-4-14(13)18-10-8-16-7-5-12(11-16)6-9-17/h1-4,12,17H,5-11H2. The van der Waals surface area contributed by atoms with Crippen molar-refractivity contribution in [1.82, 2.24) is 4.90 Å². The molecule has 100 valence electrons. The van der Waals surface area contributed by atoms with Gasteiger partial charge in [0, 0.05) is 19.7 Å². The van der Waals surface area contributed by atoms with Crippen LogP contribution in [0.2, 0.25) is 0 Å². The number of aliphatic hydroxyl groups is 1. The number of hydrogen-bond donors (Lipinski definition) is 1. The smallest absolute Gasteiger partial charge is 0.165 e. The molecule has 0 aliphatic carbocycles. The summed E-state index contributed by atoms with van der Waals surface area (Å²) in [6, 6.07) is 6.48. The van der Waals surface area contributed by atoms with E-state index < -0.39 is 0 Å². The Balaban J connectivity index is 1.69. The van der Waals surface area contributed by atoms with Crippen LogP contribution in [0.1, 0.15) is 12.8 Å². The normalized spacial score (nSPS) is 20.2. The fraction of sp³-hybridized carbons (Fsp3) is 0.571. The molecule has 0 bridgehead atoms. The molecule has 1 aromatic carbocycles. The lowest BCUT2D eigenvalue weighted by atomic mass is 10.1. The predicted octanol–water partition coefficient (Wildman–Crippen LogP) is 1.91. The van der Waals surface area contributed by atoms with E-state index in [0.29, 0.717) is 18.3 Å². The number of halogens is 1. The molecule has 1 saturated heterocycles. The minimum atomic E-state index is -0.308. The third kappa shape index (κ3) is 3.68. The summed E-state index contributed by atoms with van der Waals surface area (Å²) >= 11 is 0. The van der Waals surface area contributed by atoms with E-state index in [1.807, 2.05) is 0 Å². The minimum absolute atomic E-state index is 0.268. The summed E-state index contributed by atoms with van der Waals surface area (Å²) in [5.74, 6) is 0.615. The molecule has 0 amide bonds. The zero-order valence-corrected chi connectivity index (χ0v) is 10.5. The van der Waals surface area contributed by atoms with Crippen molar-refractivity contribution in [3.63, 3.8) is 0 Å². The molecule has 1 unspecified atom stereocenters. The lowest BCUT2D eigenvalue weighted by Gasteiger charge is -2.16. The highest BCUT2D eigenvalue weighted by Gasteiger charge is 2.21. The van der Waals surface area contributed by atoms with E-state index >= 15 is 0 Å². The first-order valence-electron chi connectivity index (χ1n) is 6.50. The van der Waals surface area contributed by atoms with Gasteiger partial charge in [0.1, 0.15) is 6.61 Å². The van der Waals surface area contributed by atoms with Crippen LogP contribution < -0.4 is 4.74 Å². The summed E-state index contributed by atoms with van der Waals surface area (Å²) in [4.78, 5) is 2.31. The van der Waals surface area contributed by atoms with E-state index in [0.717, 1.165) is 32.5 Å². The van der Waals surface area contributed by atoms with Gasteiger partial charge in [-0.15, -0.1) is 0 Å². The molecule has 1 aliphatic heterocycles. The molecule has 0 aromatic heterocycles. The van der Waals surface area contributed by atoms with Gasteiger partial charge in [-0.1, -0.05) is 12.1 Å². The predicted molar refractivity (Wildman–Crippen MR) is 68.1 cm³/mol. The summed E-state index contributed by atoms with van der Waals surface area (Å²) < 4.78 is 18.7. The van der Waals surface area contributed by atoms with Crippen LogP contribution in [-0.4, -0.2) is 42.9 Å². The molecule has 1 N–H and O–H groups in total. The third-order valence-electron chi connectivity index (χ3n) is 3.41. The second kappa shape index (κ2) is 6.71. The first-order chi connectivity index (χ1) is 8.79. The molecule has 18 heavy (non-hydrogen) atoms. The molecular weight excluding hydrogens is 233 g/mol. The van der Waals surface area contributed by atoms with E-state index in [4.69, 9.17) is 9.84 Å². The average molecular weight is 253 g/mol. The van der Waals surface area contributed by atoms with Gasteiger partial charge in [-0.25, -0.2) is 4.39 Å². The first-order valence-corrected chi connectivity index (χ1v) is 6.50. The van der Waals surface area contributed by atoms with Gasteiger partial charge in [-0.2, -0.15) is 0 Å². The molecule has 1 atom stereocenters. The number of para-hydroxylation sites is 1. The number of ether oxygens (including phenoxy) is 1. The van der Waals surface area contributed by atoms with Gasteiger partial charge < -0.3 is 9.84 Å². The van der Waals surface area contributed by atoms with E-state index in [1.165, 1.54) is 6.07 Å². The fourth-order valence-electron chi connectivity index (χ4n) is 2.38. The van der Waals surface area contributed by atoms with Crippen LogP contribution in [0.5, 0.6) is 5.75 Å². The summed E-state index contributed by atoms with van der Waals surface area (Å²) in [6.07, 6.45) is 2.02. The molecule has 1 fully saturated rings. The Bertz CT molecular complexity index is 373. The SMILES string of the molecule is OCCC1CCN(CCOc2ccccc2F)C1. The maximum absolute atomic E-state index is 13.3. The second-order valence-electron chi connectivity index (χ2n) is 4.75. The van der Waals surface area contributed by atoms with Crippen LogP contribution >= 0.6 is 0 Å². The van der Waals surface area contributed by atoms with Crippen LogP contribution in [0, 0.1) is 11.7 Å². The molecule has 3 nitrogen and oxygen atoms in total. The van der Waals surface area contributed by atoms with Gasteiger partial charge >= 0.3 is 0 Å². The topological polar surface area (TPSA) is 32.7 Å².